The summed E-state index contributed by atoms with van der Waals surface area (Å²) >= 11 is 0. The van der Waals surface area contributed by atoms with E-state index in [0.29, 0.717) is 5.56 Å². The molecule has 0 saturated heterocycles. The summed E-state index contributed by atoms with van der Waals surface area (Å²) in [6.07, 6.45) is -2.29. The molecule has 9 nitrogen and oxygen atoms in total. The molecule has 2 aromatic rings. The zero-order chi connectivity index (χ0) is 26.1. The number of amides is 1. The van der Waals surface area contributed by atoms with Gasteiger partial charge in [-0.1, -0.05) is 30.3 Å². The maximum atomic E-state index is 13.7. The highest BCUT2D eigenvalue weighted by molar-refractivity contribution is 6.26. The van der Waals surface area contributed by atoms with Crippen LogP contribution in [0.1, 0.15) is 23.1 Å². The minimum atomic E-state index is -2.94. The number of carbonyl (C=O) groups excluding carboxylic acids is 3. The minimum Gasteiger partial charge on any atom is -0.507 e. The Morgan fingerprint density at radius 2 is 1.75 bits per heavy atom. The summed E-state index contributed by atoms with van der Waals surface area (Å²) in [6, 6.07) is 9.59. The largest absolute Gasteiger partial charge is 0.507 e. The van der Waals surface area contributed by atoms with Gasteiger partial charge in [0.05, 0.1) is 23.3 Å². The Bertz CT molecular complexity index is 1380. The number of hydrogen-bond donors (Lipinski definition) is 6. The summed E-state index contributed by atoms with van der Waals surface area (Å²) in [5.74, 6) is -10.2. The SMILES string of the molecule is NC(=O)C1C(=O)[C@@]2(O)C(=O)C3=C(O)c4c(O)cccc4/C(=C\c4ccc(F)cc4)[C@H]3[C@H](O)[C@H]2CC1O. The van der Waals surface area contributed by atoms with Gasteiger partial charge in [-0.2, -0.15) is 0 Å². The fourth-order valence-corrected chi connectivity index (χ4v) is 5.73. The normalized spacial score (nSPS) is 32.7. The van der Waals surface area contributed by atoms with E-state index < -0.39 is 82.4 Å². The van der Waals surface area contributed by atoms with Gasteiger partial charge in [0.25, 0.3) is 0 Å². The summed E-state index contributed by atoms with van der Waals surface area (Å²) in [6.45, 7) is 0. The third-order valence-corrected chi connectivity index (χ3v) is 7.41. The summed E-state index contributed by atoms with van der Waals surface area (Å²) in [5.41, 5.74) is 2.59. The average molecular weight is 495 g/mol. The van der Waals surface area contributed by atoms with E-state index in [-0.39, 0.29) is 16.7 Å². The van der Waals surface area contributed by atoms with Crippen LogP contribution in [-0.4, -0.2) is 60.8 Å². The summed E-state index contributed by atoms with van der Waals surface area (Å²) in [4.78, 5) is 38.7. The zero-order valence-corrected chi connectivity index (χ0v) is 18.6. The number of aliphatic hydroxyl groups excluding tert-OH is 3. The molecule has 2 saturated carbocycles. The van der Waals surface area contributed by atoms with Crippen LogP contribution in [0.2, 0.25) is 0 Å². The monoisotopic (exact) mass is 495 g/mol. The second-order valence-electron chi connectivity index (χ2n) is 9.33. The van der Waals surface area contributed by atoms with E-state index in [4.69, 9.17) is 5.73 Å². The van der Waals surface area contributed by atoms with Gasteiger partial charge in [0, 0.05) is 11.8 Å². The van der Waals surface area contributed by atoms with Crippen molar-refractivity contribution >= 4 is 34.9 Å². The molecule has 3 aliphatic rings. The molecule has 36 heavy (non-hydrogen) atoms. The lowest BCUT2D eigenvalue weighted by Crippen LogP contribution is -2.70. The molecule has 6 atom stereocenters. The lowest BCUT2D eigenvalue weighted by molar-refractivity contribution is -0.184. The lowest BCUT2D eigenvalue weighted by atomic mass is 9.54. The van der Waals surface area contributed by atoms with Gasteiger partial charge >= 0.3 is 0 Å². The van der Waals surface area contributed by atoms with Crippen LogP contribution in [0.5, 0.6) is 5.75 Å². The Kier molecular flexibility index (Phi) is 5.36. The molecule has 7 N–H and O–H groups in total. The molecule has 0 aromatic heterocycles. The first-order chi connectivity index (χ1) is 17.0. The van der Waals surface area contributed by atoms with Crippen molar-refractivity contribution in [3.63, 3.8) is 0 Å². The number of aromatic hydroxyl groups is 1. The van der Waals surface area contributed by atoms with Crippen molar-refractivity contribution in [3.05, 3.63) is 70.5 Å². The molecule has 0 bridgehead atoms. The maximum absolute atomic E-state index is 13.7. The quantitative estimate of drug-likeness (QED) is 0.330. The topological polar surface area (TPSA) is 178 Å². The molecule has 2 aromatic carbocycles. The summed E-state index contributed by atoms with van der Waals surface area (Å²) < 4.78 is 13.5. The smallest absolute Gasteiger partial charge is 0.230 e. The van der Waals surface area contributed by atoms with Gasteiger partial charge < -0.3 is 31.3 Å². The van der Waals surface area contributed by atoms with Crippen LogP contribution in [0.25, 0.3) is 17.4 Å². The van der Waals surface area contributed by atoms with Crippen LogP contribution in [0, 0.1) is 23.6 Å². The van der Waals surface area contributed by atoms with Gasteiger partial charge in [-0.15, -0.1) is 0 Å². The Hall–Kier alpha value is -3.86. The van der Waals surface area contributed by atoms with Gasteiger partial charge in [0.1, 0.15) is 23.2 Å². The molecule has 0 spiro atoms. The number of rotatable bonds is 2. The molecule has 2 fully saturated rings. The first kappa shape index (κ1) is 23.9. The number of halogens is 1. The number of hydrogen-bond acceptors (Lipinski definition) is 8. The number of carbonyl (C=O) groups is 3. The predicted molar refractivity (Wildman–Crippen MR) is 123 cm³/mol. The number of primary amides is 1. The molecule has 0 radical (unpaired) electrons. The van der Waals surface area contributed by atoms with E-state index in [1.807, 2.05) is 0 Å². The van der Waals surface area contributed by atoms with Crippen LogP contribution in [0.15, 0.2) is 48.0 Å². The molecule has 5 rings (SSSR count). The van der Waals surface area contributed by atoms with Crippen molar-refractivity contribution in [3.8, 4) is 5.75 Å². The van der Waals surface area contributed by atoms with Gasteiger partial charge in [-0.3, -0.25) is 14.4 Å². The van der Waals surface area contributed by atoms with Crippen molar-refractivity contribution in [1.82, 2.24) is 0 Å². The minimum absolute atomic E-state index is 0.158. The molecule has 10 heteroatoms. The molecule has 1 amide bonds. The number of phenols is 1. The third-order valence-electron chi connectivity index (χ3n) is 7.41. The molecule has 2 unspecified atom stereocenters. The van der Waals surface area contributed by atoms with E-state index in [0.717, 1.165) is 0 Å². The number of nitrogens with two attached hydrogens (primary N) is 1. The standard InChI is InChI=1S/C26H22FNO8/c27-11-6-4-10(5-7-11)8-13-12-2-1-3-15(29)17(12)22(32)20-18(13)21(31)14-9-16(30)19(25(28)35)23(33)26(14,36)24(20)34/h1-8,14,16,18-19,21,29-32,36H,9H2,(H2,28,35)/b13-8+/t14-,16?,18-,19?,21-,26-/m1/s1. The Balaban J connectivity index is 1.77. The van der Waals surface area contributed by atoms with Crippen molar-refractivity contribution in [2.24, 2.45) is 23.5 Å². The van der Waals surface area contributed by atoms with Crippen molar-refractivity contribution in [2.45, 2.75) is 24.2 Å². The van der Waals surface area contributed by atoms with Crippen LogP contribution >= 0.6 is 0 Å². The second kappa shape index (κ2) is 8.09. The summed E-state index contributed by atoms with van der Waals surface area (Å²) in [5, 5.41) is 54.9. The van der Waals surface area contributed by atoms with E-state index >= 15 is 0 Å². The van der Waals surface area contributed by atoms with Crippen LogP contribution in [0.3, 0.4) is 0 Å². The van der Waals surface area contributed by atoms with E-state index in [2.05, 4.69) is 0 Å². The first-order valence-corrected chi connectivity index (χ1v) is 11.2. The van der Waals surface area contributed by atoms with Crippen LogP contribution < -0.4 is 5.73 Å². The molecule has 3 aliphatic carbocycles. The van der Waals surface area contributed by atoms with Gasteiger partial charge in [-0.25, -0.2) is 4.39 Å². The van der Waals surface area contributed by atoms with Gasteiger partial charge in [0.2, 0.25) is 11.7 Å². The van der Waals surface area contributed by atoms with E-state index in [1.54, 1.807) is 6.07 Å². The maximum Gasteiger partial charge on any atom is 0.230 e. The molecular formula is C26H22FNO8. The van der Waals surface area contributed by atoms with E-state index in [9.17, 15) is 44.3 Å². The number of aliphatic hydroxyl groups is 4. The number of ketones is 2. The van der Waals surface area contributed by atoms with Crippen LogP contribution in [-0.2, 0) is 14.4 Å². The van der Waals surface area contributed by atoms with E-state index in [1.165, 1.54) is 42.5 Å². The second-order valence-corrected chi connectivity index (χ2v) is 9.33. The average Bonchev–Trinajstić information content (AvgIpc) is 2.82. The number of Topliss-reactive ketones (excluding diaryl/α,β-unsaturated/α-hetero) is 2. The Morgan fingerprint density at radius 1 is 1.08 bits per heavy atom. The molecule has 0 aliphatic heterocycles. The van der Waals surface area contributed by atoms with Gasteiger partial charge in [-0.05, 0) is 41.3 Å². The highest BCUT2D eigenvalue weighted by atomic mass is 19.1. The molecule has 0 heterocycles. The highest BCUT2D eigenvalue weighted by Crippen LogP contribution is 2.55. The zero-order valence-electron chi connectivity index (χ0n) is 18.6. The Labute approximate surface area is 203 Å². The molecular weight excluding hydrogens is 473 g/mol. The highest BCUT2D eigenvalue weighted by Gasteiger charge is 2.67. The number of phenolic OH excluding ortho intramolecular Hbond substituents is 1. The summed E-state index contributed by atoms with van der Waals surface area (Å²) in [7, 11) is 0. The van der Waals surface area contributed by atoms with Crippen molar-refractivity contribution in [1.29, 1.82) is 0 Å². The lowest BCUT2D eigenvalue weighted by Gasteiger charge is -2.51. The van der Waals surface area contributed by atoms with Crippen LogP contribution in [0.4, 0.5) is 4.39 Å². The van der Waals surface area contributed by atoms with Crippen molar-refractivity contribution < 1.29 is 44.3 Å². The fraction of sp³-hybridized carbons (Fsp3) is 0.269. The number of benzene rings is 2. The first-order valence-electron chi connectivity index (χ1n) is 11.2. The Morgan fingerprint density at radius 3 is 2.39 bits per heavy atom. The van der Waals surface area contributed by atoms with Gasteiger partial charge in [0.15, 0.2) is 11.4 Å². The third kappa shape index (κ3) is 3.15. The van der Waals surface area contributed by atoms with Crippen molar-refractivity contribution in [2.75, 3.05) is 0 Å². The fourth-order valence-electron chi connectivity index (χ4n) is 5.73. The predicted octanol–water partition coefficient (Wildman–Crippen LogP) is 0.697. The molecule has 186 valence electrons. The number of fused-ring (bicyclic) bond motifs is 3.